The summed E-state index contributed by atoms with van der Waals surface area (Å²) in [6.45, 7) is 9.43. The zero-order valence-corrected chi connectivity index (χ0v) is 16.2. The van der Waals surface area contributed by atoms with Gasteiger partial charge in [-0.25, -0.2) is 0 Å². The lowest BCUT2D eigenvalue weighted by Gasteiger charge is -2.44. The lowest BCUT2D eigenvalue weighted by molar-refractivity contribution is 1.21. The molecule has 0 amide bonds. The molecule has 0 radical (unpaired) electrons. The van der Waals surface area contributed by atoms with Gasteiger partial charge in [0.2, 0.25) is 0 Å². The standard InChI is InChI=1S/C18H26N2Si2/c1-5-21(6-2)15-11-9-14-20-18(15)22(7-3,8-4)16-12-10-13-19-17(16)21/h9-14H,5-8H2,1-4H3. The quantitative estimate of drug-likeness (QED) is 0.803. The summed E-state index contributed by atoms with van der Waals surface area (Å²) in [5.41, 5.74) is 0. The van der Waals surface area contributed by atoms with Gasteiger partial charge in [0.15, 0.2) is 0 Å². The first-order chi connectivity index (χ1) is 10.7. The maximum Gasteiger partial charge on any atom is 0.142 e. The number of hydrogen-bond acceptors (Lipinski definition) is 2. The number of aromatic nitrogens is 2. The van der Waals surface area contributed by atoms with Crippen molar-refractivity contribution in [1.29, 1.82) is 0 Å². The Hall–Kier alpha value is -1.27. The SMILES string of the molecule is CC[Si]1(CC)c2cccnc2[Si](CC)(CC)c2cccnc21. The van der Waals surface area contributed by atoms with Gasteiger partial charge < -0.3 is 0 Å². The monoisotopic (exact) mass is 326 g/mol. The molecular weight excluding hydrogens is 300 g/mol. The molecular formula is C18H26N2Si2. The van der Waals surface area contributed by atoms with Gasteiger partial charge in [-0.3, -0.25) is 9.97 Å². The minimum atomic E-state index is -1.73. The van der Waals surface area contributed by atoms with E-state index in [1.165, 1.54) is 34.8 Å². The van der Waals surface area contributed by atoms with Gasteiger partial charge in [-0.15, -0.1) is 0 Å². The lowest BCUT2D eigenvalue weighted by Crippen LogP contribution is -2.82. The molecule has 2 nitrogen and oxygen atoms in total. The predicted molar refractivity (Wildman–Crippen MR) is 100 cm³/mol. The molecule has 0 aromatic carbocycles. The number of nitrogens with zero attached hydrogens (tertiary/aromatic N) is 2. The largest absolute Gasteiger partial charge is 0.266 e. The van der Waals surface area contributed by atoms with Crippen LogP contribution in [0.4, 0.5) is 0 Å². The minimum Gasteiger partial charge on any atom is -0.266 e. The van der Waals surface area contributed by atoms with Gasteiger partial charge in [-0.05, 0) is 22.5 Å². The zero-order valence-electron chi connectivity index (χ0n) is 14.2. The molecule has 1 aliphatic heterocycles. The number of rotatable bonds is 4. The minimum absolute atomic E-state index is 1.23. The summed E-state index contributed by atoms with van der Waals surface area (Å²) < 4.78 is 0. The molecule has 2 aromatic heterocycles. The molecule has 0 spiro atoms. The molecule has 0 bridgehead atoms. The Morgan fingerprint density at radius 3 is 1.36 bits per heavy atom. The molecule has 0 atom stereocenters. The van der Waals surface area contributed by atoms with Gasteiger partial charge >= 0.3 is 0 Å². The number of hydrogen-bond donors (Lipinski definition) is 0. The van der Waals surface area contributed by atoms with Gasteiger partial charge in [0.05, 0.1) is 0 Å². The summed E-state index contributed by atoms with van der Waals surface area (Å²) in [6, 6.07) is 14.0. The Morgan fingerprint density at radius 2 is 1.05 bits per heavy atom. The second-order valence-electron chi connectivity index (χ2n) is 6.38. The van der Waals surface area contributed by atoms with E-state index in [9.17, 15) is 0 Å². The fraction of sp³-hybridized carbons (Fsp3) is 0.444. The van der Waals surface area contributed by atoms with E-state index in [1.807, 2.05) is 12.4 Å². The Labute approximate surface area is 136 Å². The highest BCUT2D eigenvalue weighted by Gasteiger charge is 2.51. The molecule has 3 rings (SSSR count). The van der Waals surface area contributed by atoms with E-state index in [2.05, 4.69) is 52.0 Å². The van der Waals surface area contributed by atoms with Gasteiger partial charge in [-0.2, -0.15) is 0 Å². The predicted octanol–water partition coefficient (Wildman–Crippen LogP) is 2.00. The van der Waals surface area contributed by atoms with E-state index < -0.39 is 16.1 Å². The molecule has 0 aliphatic carbocycles. The third-order valence-corrected chi connectivity index (χ3v) is 16.8. The van der Waals surface area contributed by atoms with Crippen LogP contribution in [0.5, 0.6) is 0 Å². The smallest absolute Gasteiger partial charge is 0.142 e. The average Bonchev–Trinajstić information content (AvgIpc) is 2.60. The Bertz CT molecular complexity index is 567. The van der Waals surface area contributed by atoms with Crippen LogP contribution in [0, 0.1) is 0 Å². The van der Waals surface area contributed by atoms with Crippen molar-refractivity contribution in [3.05, 3.63) is 36.7 Å². The fourth-order valence-corrected chi connectivity index (χ4v) is 15.5. The van der Waals surface area contributed by atoms with Gasteiger partial charge in [0.25, 0.3) is 0 Å². The molecule has 3 heterocycles. The van der Waals surface area contributed by atoms with E-state index >= 15 is 0 Å². The number of pyridine rings is 2. The van der Waals surface area contributed by atoms with E-state index in [-0.39, 0.29) is 0 Å². The van der Waals surface area contributed by atoms with Crippen LogP contribution in [0.25, 0.3) is 0 Å². The summed E-state index contributed by atoms with van der Waals surface area (Å²) in [6.07, 6.45) is 4.02. The zero-order chi connectivity index (χ0) is 15.8. The summed E-state index contributed by atoms with van der Waals surface area (Å²) in [7, 11) is -3.46. The van der Waals surface area contributed by atoms with Crippen LogP contribution < -0.4 is 21.0 Å². The molecule has 0 unspecified atom stereocenters. The summed E-state index contributed by atoms with van der Waals surface area (Å²) in [4.78, 5) is 9.95. The van der Waals surface area contributed by atoms with Crippen LogP contribution >= 0.6 is 0 Å². The van der Waals surface area contributed by atoms with Crippen molar-refractivity contribution >= 4 is 37.2 Å². The molecule has 1 aliphatic rings. The van der Waals surface area contributed by atoms with Crippen LogP contribution in [-0.4, -0.2) is 26.1 Å². The molecule has 0 saturated heterocycles. The van der Waals surface area contributed by atoms with Gasteiger partial charge in [-0.1, -0.05) is 64.0 Å². The maximum atomic E-state index is 4.97. The first-order valence-corrected chi connectivity index (χ1v) is 13.4. The Balaban J connectivity index is 2.44. The topological polar surface area (TPSA) is 25.8 Å². The first kappa shape index (κ1) is 15.6. The van der Waals surface area contributed by atoms with Crippen molar-refractivity contribution in [2.45, 2.75) is 51.9 Å². The van der Waals surface area contributed by atoms with Crippen molar-refractivity contribution in [3.63, 3.8) is 0 Å². The second-order valence-corrected chi connectivity index (χ2v) is 15.6. The first-order valence-electron chi connectivity index (χ1n) is 8.62. The molecule has 2 aromatic rings. The molecule has 0 saturated carbocycles. The van der Waals surface area contributed by atoms with E-state index in [0.29, 0.717) is 0 Å². The second kappa shape index (κ2) is 5.74. The van der Waals surface area contributed by atoms with Crippen LogP contribution in [0.1, 0.15) is 27.7 Å². The van der Waals surface area contributed by atoms with E-state index in [0.717, 1.165) is 0 Å². The summed E-state index contributed by atoms with van der Waals surface area (Å²) in [5, 5.41) is 6.16. The van der Waals surface area contributed by atoms with E-state index in [1.54, 1.807) is 10.4 Å². The van der Waals surface area contributed by atoms with Gasteiger partial charge in [0.1, 0.15) is 16.1 Å². The van der Waals surface area contributed by atoms with Crippen LogP contribution in [0.3, 0.4) is 0 Å². The molecule has 0 N–H and O–H groups in total. The lowest BCUT2D eigenvalue weighted by atomic mass is 10.5. The maximum absolute atomic E-state index is 4.97. The normalized spacial score (nSPS) is 17.6. The average molecular weight is 327 g/mol. The van der Waals surface area contributed by atoms with Crippen molar-refractivity contribution in [3.8, 4) is 0 Å². The van der Waals surface area contributed by atoms with Crippen LogP contribution in [0.15, 0.2) is 36.7 Å². The van der Waals surface area contributed by atoms with Crippen molar-refractivity contribution in [2.75, 3.05) is 0 Å². The molecule has 4 heteroatoms. The highest BCUT2D eigenvalue weighted by Crippen LogP contribution is 2.23. The Kier molecular flexibility index (Phi) is 4.08. The van der Waals surface area contributed by atoms with Crippen molar-refractivity contribution in [1.82, 2.24) is 9.97 Å². The fourth-order valence-electron chi connectivity index (χ4n) is 4.53. The molecule has 22 heavy (non-hydrogen) atoms. The third kappa shape index (κ3) is 1.83. The Morgan fingerprint density at radius 1 is 0.682 bits per heavy atom. The number of fused-ring (bicyclic) bond motifs is 2. The molecule has 116 valence electrons. The van der Waals surface area contributed by atoms with Crippen molar-refractivity contribution < 1.29 is 0 Å². The molecule has 0 fully saturated rings. The third-order valence-electron chi connectivity index (χ3n) is 5.97. The van der Waals surface area contributed by atoms with Crippen LogP contribution in [-0.2, 0) is 0 Å². The van der Waals surface area contributed by atoms with Gasteiger partial charge in [0, 0.05) is 23.0 Å². The highest BCUT2D eigenvalue weighted by molar-refractivity contribution is 7.17. The van der Waals surface area contributed by atoms with Crippen LogP contribution in [0.2, 0.25) is 24.2 Å². The highest BCUT2D eigenvalue weighted by atomic mass is 28.3. The van der Waals surface area contributed by atoms with Crippen molar-refractivity contribution in [2.24, 2.45) is 0 Å². The van der Waals surface area contributed by atoms with E-state index in [4.69, 9.17) is 9.97 Å². The summed E-state index contributed by atoms with van der Waals surface area (Å²) >= 11 is 0. The summed E-state index contributed by atoms with van der Waals surface area (Å²) in [5.74, 6) is 0.